The lowest BCUT2D eigenvalue weighted by molar-refractivity contribution is 0.1000. The molecular weight excluding hydrogens is 200 g/mol. The molecule has 0 bridgehead atoms. The van der Waals surface area contributed by atoms with Crippen molar-refractivity contribution in [1.29, 1.82) is 0 Å². The van der Waals surface area contributed by atoms with Crippen LogP contribution in [0.1, 0.15) is 36.7 Å². The van der Waals surface area contributed by atoms with E-state index in [1.807, 2.05) is 25.1 Å². The molecule has 0 fully saturated rings. The van der Waals surface area contributed by atoms with E-state index in [0.29, 0.717) is 17.5 Å². The molecule has 16 heavy (non-hydrogen) atoms. The van der Waals surface area contributed by atoms with Crippen LogP contribution in [0.3, 0.4) is 0 Å². The van der Waals surface area contributed by atoms with Gasteiger partial charge in [-0.2, -0.15) is 0 Å². The number of anilines is 1. The summed E-state index contributed by atoms with van der Waals surface area (Å²) in [6.45, 7) is 8.31. The summed E-state index contributed by atoms with van der Waals surface area (Å²) in [4.78, 5) is 11.2. The van der Waals surface area contributed by atoms with E-state index < -0.39 is 0 Å². The van der Waals surface area contributed by atoms with Crippen LogP contribution in [0.5, 0.6) is 0 Å². The largest absolute Gasteiger partial charge is 0.382 e. The first-order chi connectivity index (χ1) is 7.41. The summed E-state index contributed by atoms with van der Waals surface area (Å²) in [6.07, 6.45) is 0. The molecule has 88 valence electrons. The molecule has 0 saturated carbocycles. The summed E-state index contributed by atoms with van der Waals surface area (Å²) in [5.41, 5.74) is 7.75. The van der Waals surface area contributed by atoms with Crippen LogP contribution < -0.4 is 11.1 Å². The first kappa shape index (κ1) is 12.6. The fourth-order valence-corrected chi connectivity index (χ4v) is 1.41. The molecule has 1 unspecified atom stereocenters. The molecule has 1 aromatic rings. The van der Waals surface area contributed by atoms with Gasteiger partial charge in [-0.15, -0.1) is 0 Å². The zero-order chi connectivity index (χ0) is 12.3. The predicted molar refractivity (Wildman–Crippen MR) is 67.6 cm³/mol. The lowest BCUT2D eigenvalue weighted by Crippen LogP contribution is -2.22. The molecule has 0 heterocycles. The summed E-state index contributed by atoms with van der Waals surface area (Å²) < 4.78 is 0. The van der Waals surface area contributed by atoms with Gasteiger partial charge in [0.1, 0.15) is 0 Å². The van der Waals surface area contributed by atoms with E-state index in [1.165, 1.54) is 0 Å². The molecule has 3 heteroatoms. The minimum Gasteiger partial charge on any atom is -0.382 e. The van der Waals surface area contributed by atoms with Gasteiger partial charge in [0.2, 0.25) is 5.91 Å². The molecule has 1 amide bonds. The Morgan fingerprint density at radius 3 is 2.44 bits per heavy atom. The van der Waals surface area contributed by atoms with Crippen LogP contribution in [0.25, 0.3) is 0 Å². The number of carbonyl (C=O) groups excluding carboxylic acids is 1. The number of aryl methyl sites for hydroxylation is 1. The van der Waals surface area contributed by atoms with Crippen molar-refractivity contribution in [2.75, 3.05) is 5.32 Å². The molecule has 0 aliphatic rings. The highest BCUT2D eigenvalue weighted by Gasteiger charge is 2.09. The molecule has 1 rings (SSSR count). The van der Waals surface area contributed by atoms with Crippen molar-refractivity contribution in [1.82, 2.24) is 0 Å². The monoisotopic (exact) mass is 220 g/mol. The lowest BCUT2D eigenvalue weighted by Gasteiger charge is -2.19. The topological polar surface area (TPSA) is 55.1 Å². The van der Waals surface area contributed by atoms with Gasteiger partial charge in [-0.25, -0.2) is 0 Å². The Hall–Kier alpha value is -1.51. The van der Waals surface area contributed by atoms with Gasteiger partial charge in [-0.05, 0) is 37.5 Å². The predicted octanol–water partition coefficient (Wildman–Crippen LogP) is 2.55. The molecule has 0 spiro atoms. The summed E-state index contributed by atoms with van der Waals surface area (Å²) in [5.74, 6) is 0.164. The van der Waals surface area contributed by atoms with Gasteiger partial charge in [-0.1, -0.05) is 19.9 Å². The highest BCUT2D eigenvalue weighted by Crippen LogP contribution is 2.17. The van der Waals surface area contributed by atoms with E-state index in [1.54, 1.807) is 0 Å². The third-order valence-electron chi connectivity index (χ3n) is 2.90. The Bertz CT molecular complexity index is 386. The molecular formula is C13H20N2O. The maximum Gasteiger partial charge on any atom is 0.249 e. The van der Waals surface area contributed by atoms with Crippen LogP contribution in [-0.2, 0) is 0 Å². The maximum absolute atomic E-state index is 11.2. The number of hydrogen-bond donors (Lipinski definition) is 2. The average molecular weight is 220 g/mol. The van der Waals surface area contributed by atoms with Crippen molar-refractivity contribution in [3.63, 3.8) is 0 Å². The van der Waals surface area contributed by atoms with Crippen LogP contribution in [0.15, 0.2) is 18.2 Å². The van der Waals surface area contributed by atoms with Gasteiger partial charge in [0, 0.05) is 17.3 Å². The molecule has 1 aromatic carbocycles. The first-order valence-electron chi connectivity index (χ1n) is 5.58. The van der Waals surface area contributed by atoms with Gasteiger partial charge in [0.15, 0.2) is 0 Å². The van der Waals surface area contributed by atoms with E-state index in [0.717, 1.165) is 11.3 Å². The number of rotatable bonds is 4. The van der Waals surface area contributed by atoms with E-state index in [2.05, 4.69) is 26.1 Å². The highest BCUT2D eigenvalue weighted by atomic mass is 16.1. The highest BCUT2D eigenvalue weighted by molar-refractivity contribution is 5.95. The first-order valence-corrected chi connectivity index (χ1v) is 5.58. The Morgan fingerprint density at radius 2 is 1.94 bits per heavy atom. The second-order valence-electron chi connectivity index (χ2n) is 4.57. The third kappa shape index (κ3) is 2.99. The van der Waals surface area contributed by atoms with Crippen LogP contribution in [0, 0.1) is 12.8 Å². The summed E-state index contributed by atoms with van der Waals surface area (Å²) >= 11 is 0. The van der Waals surface area contributed by atoms with Gasteiger partial charge in [0.05, 0.1) is 0 Å². The molecule has 0 aliphatic heterocycles. The Labute approximate surface area is 97.0 Å². The van der Waals surface area contributed by atoms with Crippen molar-refractivity contribution in [3.8, 4) is 0 Å². The number of primary amides is 1. The molecule has 0 aliphatic carbocycles. The number of nitrogens with one attached hydrogen (secondary N) is 1. The maximum atomic E-state index is 11.2. The molecule has 0 saturated heterocycles. The number of amides is 1. The quantitative estimate of drug-likeness (QED) is 0.819. The normalized spacial score (nSPS) is 12.6. The van der Waals surface area contributed by atoms with Crippen molar-refractivity contribution >= 4 is 11.6 Å². The molecule has 1 atom stereocenters. The van der Waals surface area contributed by atoms with E-state index in [-0.39, 0.29) is 5.91 Å². The van der Waals surface area contributed by atoms with Gasteiger partial charge in [0.25, 0.3) is 0 Å². The van der Waals surface area contributed by atoms with Crippen molar-refractivity contribution in [3.05, 3.63) is 29.3 Å². The number of hydrogen-bond acceptors (Lipinski definition) is 2. The van der Waals surface area contributed by atoms with Crippen molar-refractivity contribution in [2.24, 2.45) is 11.7 Å². The van der Waals surface area contributed by atoms with Crippen LogP contribution >= 0.6 is 0 Å². The van der Waals surface area contributed by atoms with Crippen LogP contribution in [-0.4, -0.2) is 11.9 Å². The minimum absolute atomic E-state index is 0.364. The second-order valence-corrected chi connectivity index (χ2v) is 4.57. The Balaban J connectivity index is 2.91. The van der Waals surface area contributed by atoms with Gasteiger partial charge >= 0.3 is 0 Å². The summed E-state index contributed by atoms with van der Waals surface area (Å²) in [7, 11) is 0. The Kier molecular flexibility index (Phi) is 3.93. The zero-order valence-corrected chi connectivity index (χ0v) is 10.4. The van der Waals surface area contributed by atoms with E-state index in [4.69, 9.17) is 5.73 Å². The zero-order valence-electron chi connectivity index (χ0n) is 10.4. The number of carbonyl (C=O) groups is 1. The average Bonchev–Trinajstić information content (AvgIpc) is 2.20. The molecule has 3 nitrogen and oxygen atoms in total. The van der Waals surface area contributed by atoms with E-state index in [9.17, 15) is 4.79 Å². The Morgan fingerprint density at radius 1 is 1.31 bits per heavy atom. The van der Waals surface area contributed by atoms with Crippen molar-refractivity contribution < 1.29 is 4.79 Å². The fraction of sp³-hybridized carbons (Fsp3) is 0.462. The van der Waals surface area contributed by atoms with Gasteiger partial charge < -0.3 is 11.1 Å². The second kappa shape index (κ2) is 5.01. The lowest BCUT2D eigenvalue weighted by atomic mass is 10.0. The molecule has 0 aromatic heterocycles. The smallest absolute Gasteiger partial charge is 0.249 e. The summed E-state index contributed by atoms with van der Waals surface area (Å²) in [5, 5.41) is 3.36. The van der Waals surface area contributed by atoms with Crippen LogP contribution in [0.2, 0.25) is 0 Å². The molecule has 3 N–H and O–H groups in total. The fourth-order valence-electron chi connectivity index (χ4n) is 1.41. The standard InChI is InChI=1S/C13H20N2O/c1-8(2)10(4)15-11-6-5-9(3)12(7-11)13(14)16/h5-8,10,15H,1-4H3,(H2,14,16). The third-order valence-corrected chi connectivity index (χ3v) is 2.90. The van der Waals surface area contributed by atoms with Gasteiger partial charge in [-0.3, -0.25) is 4.79 Å². The SMILES string of the molecule is Cc1ccc(NC(C)C(C)C)cc1C(N)=O. The van der Waals surface area contributed by atoms with Crippen LogP contribution in [0.4, 0.5) is 5.69 Å². The number of benzene rings is 1. The summed E-state index contributed by atoms with van der Waals surface area (Å²) in [6, 6.07) is 6.07. The van der Waals surface area contributed by atoms with Crippen molar-refractivity contribution in [2.45, 2.75) is 33.7 Å². The molecule has 0 radical (unpaired) electrons. The number of nitrogens with two attached hydrogens (primary N) is 1. The minimum atomic E-state index is -0.377. The van der Waals surface area contributed by atoms with E-state index >= 15 is 0 Å².